The first-order chi connectivity index (χ1) is 8.50. The van der Waals surface area contributed by atoms with Gasteiger partial charge >= 0.3 is 0 Å². The van der Waals surface area contributed by atoms with E-state index in [9.17, 15) is 5.11 Å². The fourth-order valence-electron chi connectivity index (χ4n) is 2.37. The lowest BCUT2D eigenvalue weighted by Gasteiger charge is -2.39. The van der Waals surface area contributed by atoms with Crippen LogP contribution in [0.15, 0.2) is 12.1 Å². The number of benzene rings is 1. The average molecular weight is 252 g/mol. The van der Waals surface area contributed by atoms with Crippen molar-refractivity contribution in [2.24, 2.45) is 0 Å². The zero-order chi connectivity index (χ0) is 13.3. The van der Waals surface area contributed by atoms with Crippen LogP contribution in [0, 0.1) is 6.92 Å². The van der Waals surface area contributed by atoms with E-state index >= 15 is 0 Å². The van der Waals surface area contributed by atoms with Gasteiger partial charge in [0.2, 0.25) is 0 Å². The zero-order valence-corrected chi connectivity index (χ0v) is 11.1. The Hall–Kier alpha value is -1.26. The fraction of sp³-hybridized carbons (Fsp3) is 0.571. The van der Waals surface area contributed by atoms with Gasteiger partial charge in [-0.25, -0.2) is 0 Å². The molecule has 2 rings (SSSR count). The summed E-state index contributed by atoms with van der Waals surface area (Å²) in [7, 11) is 1.64. The first-order valence-corrected chi connectivity index (χ1v) is 6.15. The van der Waals surface area contributed by atoms with Gasteiger partial charge in [0.25, 0.3) is 0 Å². The Morgan fingerprint density at radius 3 is 2.83 bits per heavy atom. The predicted molar refractivity (Wildman–Crippen MR) is 68.2 cm³/mol. The first-order valence-electron chi connectivity index (χ1n) is 6.15. The summed E-state index contributed by atoms with van der Waals surface area (Å²) in [4.78, 5) is 0. The molecule has 4 heteroatoms. The van der Waals surface area contributed by atoms with Crippen LogP contribution in [0.2, 0.25) is 0 Å². The van der Waals surface area contributed by atoms with E-state index < -0.39 is 11.7 Å². The normalized spacial score (nSPS) is 24.1. The van der Waals surface area contributed by atoms with Gasteiger partial charge in [-0.2, -0.15) is 0 Å². The molecule has 1 aliphatic rings. The smallest absolute Gasteiger partial charge is 0.135 e. The van der Waals surface area contributed by atoms with Gasteiger partial charge in [-0.1, -0.05) is 0 Å². The number of aliphatic hydroxyl groups is 2. The van der Waals surface area contributed by atoms with Gasteiger partial charge in [0.05, 0.1) is 13.7 Å². The van der Waals surface area contributed by atoms with Crippen LogP contribution < -0.4 is 9.47 Å². The Kier molecular flexibility index (Phi) is 3.50. The summed E-state index contributed by atoms with van der Waals surface area (Å²) >= 11 is 0. The van der Waals surface area contributed by atoms with Gasteiger partial charge in [-0.3, -0.25) is 0 Å². The van der Waals surface area contributed by atoms with Gasteiger partial charge in [0, 0.05) is 5.56 Å². The van der Waals surface area contributed by atoms with E-state index in [4.69, 9.17) is 14.6 Å². The third-order valence-electron chi connectivity index (χ3n) is 3.62. The molecule has 100 valence electrons. The lowest BCUT2D eigenvalue weighted by atomic mass is 9.87. The van der Waals surface area contributed by atoms with Gasteiger partial charge in [0.1, 0.15) is 23.2 Å². The number of aryl methyl sites for hydroxylation is 1. The van der Waals surface area contributed by atoms with E-state index in [-0.39, 0.29) is 6.61 Å². The highest BCUT2D eigenvalue weighted by atomic mass is 16.5. The largest absolute Gasteiger partial charge is 0.496 e. The Bertz CT molecular complexity index is 444. The maximum absolute atomic E-state index is 9.86. The Balaban J connectivity index is 2.37. The highest BCUT2D eigenvalue weighted by Gasteiger charge is 2.39. The maximum Gasteiger partial charge on any atom is 0.135 e. The Morgan fingerprint density at radius 1 is 1.50 bits per heavy atom. The lowest BCUT2D eigenvalue weighted by Crippen LogP contribution is -2.49. The van der Waals surface area contributed by atoms with Crippen molar-refractivity contribution < 1.29 is 19.7 Å². The van der Waals surface area contributed by atoms with Crippen LogP contribution in [0.1, 0.15) is 24.5 Å². The summed E-state index contributed by atoms with van der Waals surface area (Å²) in [6, 6.07) is 3.92. The minimum Gasteiger partial charge on any atom is -0.496 e. The van der Waals surface area contributed by atoms with E-state index in [2.05, 4.69) is 0 Å². The molecular weight excluding hydrogens is 232 g/mol. The summed E-state index contributed by atoms with van der Waals surface area (Å²) in [5, 5.41) is 19.0. The minimum absolute atomic E-state index is 0.297. The van der Waals surface area contributed by atoms with E-state index in [0.29, 0.717) is 6.42 Å². The third-order valence-corrected chi connectivity index (χ3v) is 3.62. The molecule has 2 N–H and O–H groups in total. The molecule has 0 fully saturated rings. The summed E-state index contributed by atoms with van der Waals surface area (Å²) in [5.41, 5.74) is 1.35. The second-order valence-corrected chi connectivity index (χ2v) is 5.06. The maximum atomic E-state index is 9.86. The molecule has 1 aromatic rings. The Morgan fingerprint density at radius 2 is 2.22 bits per heavy atom. The Labute approximate surface area is 107 Å². The minimum atomic E-state index is -0.878. The fourth-order valence-corrected chi connectivity index (χ4v) is 2.37. The number of rotatable bonds is 3. The van der Waals surface area contributed by atoms with E-state index in [1.165, 1.54) is 0 Å². The summed E-state index contributed by atoms with van der Waals surface area (Å²) in [6.07, 6.45) is 0.546. The van der Waals surface area contributed by atoms with Crippen LogP contribution in [0.4, 0.5) is 0 Å². The van der Waals surface area contributed by atoms with Crippen LogP contribution >= 0.6 is 0 Å². The SMILES string of the molecule is COc1cc(C)cc2c1CC[C@@](C)([C@@H](O)CO)O2. The molecule has 0 spiro atoms. The number of methoxy groups -OCH3 is 1. The molecule has 0 saturated heterocycles. The number of hydrogen-bond donors (Lipinski definition) is 2. The van der Waals surface area contributed by atoms with Crippen molar-refractivity contribution in [3.8, 4) is 11.5 Å². The predicted octanol–water partition coefficient (Wildman–Crippen LogP) is 1.44. The highest BCUT2D eigenvalue weighted by molar-refractivity contribution is 5.49. The van der Waals surface area contributed by atoms with Crippen LogP contribution in [-0.2, 0) is 6.42 Å². The van der Waals surface area contributed by atoms with E-state index in [0.717, 1.165) is 29.0 Å². The van der Waals surface area contributed by atoms with Crippen molar-refractivity contribution in [3.63, 3.8) is 0 Å². The van der Waals surface area contributed by atoms with Crippen LogP contribution in [0.5, 0.6) is 11.5 Å². The summed E-state index contributed by atoms with van der Waals surface area (Å²) < 4.78 is 11.3. The van der Waals surface area contributed by atoms with Gasteiger partial charge in [0.15, 0.2) is 0 Å². The molecule has 1 aliphatic heterocycles. The number of fused-ring (bicyclic) bond motifs is 1. The lowest BCUT2D eigenvalue weighted by molar-refractivity contribution is -0.0764. The average Bonchev–Trinajstić information content (AvgIpc) is 2.36. The molecule has 2 atom stereocenters. The monoisotopic (exact) mass is 252 g/mol. The molecule has 0 bridgehead atoms. The summed E-state index contributed by atoms with van der Waals surface area (Å²) in [5.74, 6) is 1.57. The van der Waals surface area contributed by atoms with Crippen molar-refractivity contribution in [1.29, 1.82) is 0 Å². The van der Waals surface area contributed by atoms with Crippen molar-refractivity contribution in [1.82, 2.24) is 0 Å². The molecule has 1 aromatic carbocycles. The van der Waals surface area contributed by atoms with Gasteiger partial charge < -0.3 is 19.7 Å². The highest BCUT2D eigenvalue weighted by Crippen LogP contribution is 2.40. The molecule has 4 nitrogen and oxygen atoms in total. The van der Waals surface area contributed by atoms with Gasteiger partial charge in [-0.15, -0.1) is 0 Å². The summed E-state index contributed by atoms with van der Waals surface area (Å²) in [6.45, 7) is 3.50. The second kappa shape index (κ2) is 4.78. The number of ether oxygens (including phenoxy) is 2. The van der Waals surface area contributed by atoms with Gasteiger partial charge in [-0.05, 0) is 44.4 Å². The van der Waals surface area contributed by atoms with Crippen LogP contribution in [0.3, 0.4) is 0 Å². The van der Waals surface area contributed by atoms with E-state index in [1.54, 1.807) is 7.11 Å². The second-order valence-electron chi connectivity index (χ2n) is 5.06. The molecule has 0 aromatic heterocycles. The molecule has 0 unspecified atom stereocenters. The topological polar surface area (TPSA) is 58.9 Å². The first kappa shape index (κ1) is 13.2. The number of hydrogen-bond acceptors (Lipinski definition) is 4. The molecule has 0 aliphatic carbocycles. The van der Waals surface area contributed by atoms with Crippen LogP contribution in [0.25, 0.3) is 0 Å². The van der Waals surface area contributed by atoms with Crippen molar-refractivity contribution in [2.75, 3.05) is 13.7 Å². The van der Waals surface area contributed by atoms with Crippen molar-refractivity contribution >= 4 is 0 Å². The van der Waals surface area contributed by atoms with E-state index in [1.807, 2.05) is 26.0 Å². The molecule has 1 heterocycles. The molecule has 0 saturated carbocycles. The standard InChI is InChI=1S/C14H20O4/c1-9-6-11(17-3)10-4-5-14(2,13(16)8-15)18-12(10)7-9/h6-7,13,15-16H,4-5,8H2,1-3H3/t13-,14-/m0/s1. The number of aliphatic hydroxyl groups excluding tert-OH is 2. The molecule has 18 heavy (non-hydrogen) atoms. The molecular formula is C14H20O4. The van der Waals surface area contributed by atoms with Crippen molar-refractivity contribution in [3.05, 3.63) is 23.3 Å². The molecule has 0 amide bonds. The van der Waals surface area contributed by atoms with Crippen LogP contribution in [-0.4, -0.2) is 35.6 Å². The molecule has 0 radical (unpaired) electrons. The zero-order valence-electron chi connectivity index (χ0n) is 11.1. The quantitative estimate of drug-likeness (QED) is 0.854. The van der Waals surface area contributed by atoms with Crippen molar-refractivity contribution in [2.45, 2.75) is 38.4 Å². The third kappa shape index (κ3) is 2.18.